The molecule has 1 amide bonds. The van der Waals surface area contributed by atoms with Crippen molar-refractivity contribution in [2.45, 2.75) is 19.4 Å². The number of carbonyl (C=O) groups excluding carboxylic acids is 1. The van der Waals surface area contributed by atoms with Crippen LogP contribution in [0, 0.1) is 0 Å². The van der Waals surface area contributed by atoms with Crippen molar-refractivity contribution in [3.8, 4) is 11.1 Å². The molecule has 0 aliphatic carbocycles. The molecule has 0 saturated carbocycles. The fourth-order valence-electron chi connectivity index (χ4n) is 3.02. The van der Waals surface area contributed by atoms with Gasteiger partial charge in [0.15, 0.2) is 0 Å². The van der Waals surface area contributed by atoms with Crippen molar-refractivity contribution in [3.05, 3.63) is 54.6 Å². The van der Waals surface area contributed by atoms with E-state index in [4.69, 9.17) is 0 Å². The second-order valence-corrected chi connectivity index (χ2v) is 7.30. The second kappa shape index (κ2) is 8.36. The number of amides is 1. The van der Waals surface area contributed by atoms with E-state index in [1.54, 1.807) is 0 Å². The molecule has 1 aliphatic heterocycles. The highest BCUT2D eigenvalue weighted by molar-refractivity contribution is 7.99. The lowest BCUT2D eigenvalue weighted by Gasteiger charge is -2.26. The average molecular weight is 340 g/mol. The van der Waals surface area contributed by atoms with E-state index in [-0.39, 0.29) is 11.9 Å². The van der Waals surface area contributed by atoms with Crippen molar-refractivity contribution in [2.75, 3.05) is 29.9 Å². The molecule has 2 aromatic carbocycles. The molecule has 1 fully saturated rings. The molecule has 0 unspecified atom stereocenters. The van der Waals surface area contributed by atoms with E-state index >= 15 is 0 Å². The van der Waals surface area contributed by atoms with Gasteiger partial charge in [-0.25, -0.2) is 0 Å². The van der Waals surface area contributed by atoms with E-state index in [0.717, 1.165) is 42.1 Å². The first-order chi connectivity index (χ1) is 11.8. The van der Waals surface area contributed by atoms with Crippen LogP contribution in [0.15, 0.2) is 54.6 Å². The summed E-state index contributed by atoms with van der Waals surface area (Å²) in [6.07, 6.45) is 1.16. The number of benzene rings is 2. The molecule has 2 aromatic rings. The van der Waals surface area contributed by atoms with Crippen LogP contribution < -0.4 is 5.32 Å². The second-order valence-electron chi connectivity index (χ2n) is 6.08. The Morgan fingerprint density at radius 1 is 1.04 bits per heavy atom. The van der Waals surface area contributed by atoms with Gasteiger partial charge in [-0.05, 0) is 37.3 Å². The Balaban J connectivity index is 1.75. The average Bonchev–Trinajstić information content (AvgIpc) is 2.91. The maximum Gasteiger partial charge on any atom is 0.241 e. The molecule has 3 nitrogen and oxygen atoms in total. The van der Waals surface area contributed by atoms with E-state index in [2.05, 4.69) is 28.4 Å². The monoisotopic (exact) mass is 340 g/mol. The molecule has 0 radical (unpaired) electrons. The van der Waals surface area contributed by atoms with E-state index in [9.17, 15) is 4.79 Å². The summed E-state index contributed by atoms with van der Waals surface area (Å²) >= 11 is 1.98. The maximum atomic E-state index is 12.7. The molecule has 1 saturated heterocycles. The highest BCUT2D eigenvalue weighted by Crippen LogP contribution is 2.27. The fraction of sp³-hybridized carbons (Fsp3) is 0.350. The summed E-state index contributed by atoms with van der Waals surface area (Å²) in [6.45, 7) is 4.00. The minimum absolute atomic E-state index is 0.0743. The first-order valence-electron chi connectivity index (χ1n) is 8.53. The minimum Gasteiger partial charge on any atom is -0.324 e. The molecule has 0 spiro atoms. The first-order valence-corrected chi connectivity index (χ1v) is 9.68. The highest BCUT2D eigenvalue weighted by atomic mass is 32.2. The molecular weight excluding hydrogens is 316 g/mol. The molecule has 126 valence electrons. The molecule has 1 heterocycles. The van der Waals surface area contributed by atoms with E-state index in [1.807, 2.05) is 55.1 Å². The number of rotatable bonds is 4. The third-order valence-corrected chi connectivity index (χ3v) is 5.50. The number of para-hydroxylation sites is 1. The van der Waals surface area contributed by atoms with Gasteiger partial charge in [0.1, 0.15) is 0 Å². The van der Waals surface area contributed by atoms with Gasteiger partial charge < -0.3 is 5.32 Å². The molecule has 4 heteroatoms. The smallest absolute Gasteiger partial charge is 0.241 e. The third kappa shape index (κ3) is 4.19. The van der Waals surface area contributed by atoms with Gasteiger partial charge in [0.25, 0.3) is 0 Å². The zero-order chi connectivity index (χ0) is 16.8. The number of thioether (sulfide) groups is 1. The van der Waals surface area contributed by atoms with Gasteiger partial charge in [-0.1, -0.05) is 48.5 Å². The van der Waals surface area contributed by atoms with Crippen LogP contribution in [-0.2, 0) is 4.79 Å². The van der Waals surface area contributed by atoms with Crippen LogP contribution in [0.3, 0.4) is 0 Å². The summed E-state index contributed by atoms with van der Waals surface area (Å²) < 4.78 is 0. The van der Waals surface area contributed by atoms with Crippen LogP contribution in [0.1, 0.15) is 13.3 Å². The Hall–Kier alpha value is -1.78. The zero-order valence-electron chi connectivity index (χ0n) is 14.1. The van der Waals surface area contributed by atoms with Crippen molar-refractivity contribution in [1.29, 1.82) is 0 Å². The lowest BCUT2D eigenvalue weighted by atomic mass is 10.0. The molecule has 0 bridgehead atoms. The quantitative estimate of drug-likeness (QED) is 0.909. The first kappa shape index (κ1) is 17.1. The van der Waals surface area contributed by atoms with Crippen LogP contribution >= 0.6 is 11.8 Å². The van der Waals surface area contributed by atoms with Gasteiger partial charge in [-0.15, -0.1) is 0 Å². The van der Waals surface area contributed by atoms with Gasteiger partial charge in [0, 0.05) is 23.5 Å². The van der Waals surface area contributed by atoms with E-state index in [1.165, 1.54) is 5.75 Å². The Bertz CT molecular complexity index is 666. The number of hydrogen-bond acceptors (Lipinski definition) is 3. The summed E-state index contributed by atoms with van der Waals surface area (Å²) in [7, 11) is 0. The van der Waals surface area contributed by atoms with Crippen LogP contribution in [0.4, 0.5) is 5.69 Å². The number of nitrogens with zero attached hydrogens (tertiary/aromatic N) is 1. The topological polar surface area (TPSA) is 32.3 Å². The highest BCUT2D eigenvalue weighted by Gasteiger charge is 2.22. The Kier molecular flexibility index (Phi) is 5.94. The minimum atomic E-state index is -0.104. The van der Waals surface area contributed by atoms with E-state index < -0.39 is 0 Å². The van der Waals surface area contributed by atoms with Crippen molar-refractivity contribution < 1.29 is 4.79 Å². The van der Waals surface area contributed by atoms with Crippen LogP contribution in [0.25, 0.3) is 11.1 Å². The normalized spacial score (nSPS) is 17.0. The summed E-state index contributed by atoms with van der Waals surface area (Å²) in [5.74, 6) is 2.38. The van der Waals surface area contributed by atoms with Crippen molar-refractivity contribution in [2.24, 2.45) is 0 Å². The Labute approximate surface area is 148 Å². The molecule has 3 rings (SSSR count). The van der Waals surface area contributed by atoms with Gasteiger partial charge in [0.2, 0.25) is 5.91 Å². The predicted molar refractivity (Wildman–Crippen MR) is 103 cm³/mol. The molecule has 24 heavy (non-hydrogen) atoms. The molecule has 1 N–H and O–H groups in total. The third-order valence-electron chi connectivity index (χ3n) is 4.45. The van der Waals surface area contributed by atoms with Crippen LogP contribution in [0.5, 0.6) is 0 Å². The zero-order valence-corrected chi connectivity index (χ0v) is 14.9. The lowest BCUT2D eigenvalue weighted by molar-refractivity contribution is -0.120. The van der Waals surface area contributed by atoms with Crippen molar-refractivity contribution in [1.82, 2.24) is 4.90 Å². The SMILES string of the molecule is C[C@H](C(=O)Nc1ccccc1-c1ccccc1)N1CCCSCC1. The van der Waals surface area contributed by atoms with Gasteiger partial charge in [0.05, 0.1) is 6.04 Å². The number of nitrogens with one attached hydrogen (secondary N) is 1. The summed E-state index contributed by atoms with van der Waals surface area (Å²) in [5, 5.41) is 3.14. The van der Waals surface area contributed by atoms with Gasteiger partial charge >= 0.3 is 0 Å². The summed E-state index contributed by atoms with van der Waals surface area (Å²) in [5.41, 5.74) is 3.06. The van der Waals surface area contributed by atoms with Crippen LogP contribution in [0.2, 0.25) is 0 Å². The van der Waals surface area contributed by atoms with Crippen molar-refractivity contribution in [3.63, 3.8) is 0 Å². The molecular formula is C20H24N2OS. The summed E-state index contributed by atoms with van der Waals surface area (Å²) in [4.78, 5) is 15.0. The van der Waals surface area contributed by atoms with Gasteiger partial charge in [-0.2, -0.15) is 11.8 Å². The number of anilines is 1. The molecule has 0 aromatic heterocycles. The standard InChI is InChI=1S/C20H24N2OS/c1-16(22-12-7-14-24-15-13-22)20(23)21-19-11-6-5-10-18(19)17-8-3-2-4-9-17/h2-6,8-11,16H,7,12-15H2,1H3,(H,21,23)/t16-/m1/s1. The lowest BCUT2D eigenvalue weighted by Crippen LogP contribution is -2.43. The molecule has 1 atom stereocenters. The fourth-order valence-corrected chi connectivity index (χ4v) is 3.92. The largest absolute Gasteiger partial charge is 0.324 e. The van der Waals surface area contributed by atoms with Crippen molar-refractivity contribution >= 4 is 23.4 Å². The van der Waals surface area contributed by atoms with Crippen LogP contribution in [-0.4, -0.2) is 41.4 Å². The van der Waals surface area contributed by atoms with Gasteiger partial charge in [-0.3, -0.25) is 9.69 Å². The summed E-state index contributed by atoms with van der Waals surface area (Å²) in [6, 6.07) is 18.1. The van der Waals surface area contributed by atoms with E-state index in [0.29, 0.717) is 0 Å². The molecule has 1 aliphatic rings. The predicted octanol–water partition coefficient (Wildman–Crippen LogP) is 4.12. The Morgan fingerprint density at radius 3 is 2.62 bits per heavy atom. The maximum absolute atomic E-state index is 12.7. The number of hydrogen-bond donors (Lipinski definition) is 1. The Morgan fingerprint density at radius 2 is 1.79 bits per heavy atom. The number of carbonyl (C=O) groups is 1.